The highest BCUT2D eigenvalue weighted by atomic mass is 79.9. The zero-order valence-corrected chi connectivity index (χ0v) is 11.0. The van der Waals surface area contributed by atoms with Gasteiger partial charge in [0.25, 0.3) is 0 Å². The Bertz CT molecular complexity index is 386. The fourth-order valence-electron chi connectivity index (χ4n) is 1.14. The molecule has 7 nitrogen and oxygen atoms in total. The minimum absolute atomic E-state index is 0.00218. The SMILES string of the molecule is CCNC(=O)CCNc1nc(NN)ncc1Br. The lowest BCUT2D eigenvalue weighted by Crippen LogP contribution is -2.25. The minimum Gasteiger partial charge on any atom is -0.368 e. The molecule has 1 aromatic heterocycles. The van der Waals surface area contributed by atoms with Crippen molar-refractivity contribution < 1.29 is 4.79 Å². The van der Waals surface area contributed by atoms with Crippen molar-refractivity contribution in [2.45, 2.75) is 13.3 Å². The van der Waals surface area contributed by atoms with Gasteiger partial charge in [0.2, 0.25) is 11.9 Å². The van der Waals surface area contributed by atoms with E-state index in [0.717, 1.165) is 0 Å². The summed E-state index contributed by atoms with van der Waals surface area (Å²) in [7, 11) is 0. The summed E-state index contributed by atoms with van der Waals surface area (Å²) in [5, 5.41) is 5.74. The maximum atomic E-state index is 11.2. The molecule has 1 aromatic rings. The molecule has 0 fully saturated rings. The second kappa shape index (κ2) is 7.02. The molecule has 0 aliphatic heterocycles. The molecule has 0 unspecified atom stereocenters. The molecule has 0 aromatic carbocycles. The van der Waals surface area contributed by atoms with E-state index in [4.69, 9.17) is 5.84 Å². The number of hydrogen-bond acceptors (Lipinski definition) is 6. The molecule has 0 atom stereocenters. The Hall–Kier alpha value is -1.41. The first-order chi connectivity index (χ1) is 8.17. The second-order valence-electron chi connectivity index (χ2n) is 3.16. The van der Waals surface area contributed by atoms with Crippen LogP contribution in [0.5, 0.6) is 0 Å². The van der Waals surface area contributed by atoms with Crippen LogP contribution in [0.2, 0.25) is 0 Å². The molecule has 0 spiro atoms. The number of carbonyl (C=O) groups excluding carboxylic acids is 1. The number of halogens is 1. The molecule has 1 heterocycles. The Morgan fingerprint density at radius 2 is 2.35 bits per heavy atom. The van der Waals surface area contributed by atoms with Gasteiger partial charge in [-0.25, -0.2) is 10.8 Å². The number of nitrogens with two attached hydrogens (primary N) is 1. The molecule has 17 heavy (non-hydrogen) atoms. The zero-order chi connectivity index (χ0) is 12.7. The average Bonchev–Trinajstić information content (AvgIpc) is 2.32. The molecule has 8 heteroatoms. The predicted octanol–water partition coefficient (Wildman–Crippen LogP) is 0.463. The number of rotatable bonds is 6. The summed E-state index contributed by atoms with van der Waals surface area (Å²) in [6, 6.07) is 0. The summed E-state index contributed by atoms with van der Waals surface area (Å²) in [5.41, 5.74) is 2.35. The van der Waals surface area contributed by atoms with Crippen molar-refractivity contribution in [3.05, 3.63) is 10.7 Å². The van der Waals surface area contributed by atoms with Crippen molar-refractivity contribution in [1.82, 2.24) is 15.3 Å². The number of nitrogens with one attached hydrogen (secondary N) is 3. The van der Waals surface area contributed by atoms with Gasteiger partial charge < -0.3 is 10.6 Å². The highest BCUT2D eigenvalue weighted by Gasteiger charge is 2.05. The third-order valence-electron chi connectivity index (χ3n) is 1.89. The van der Waals surface area contributed by atoms with Crippen LogP contribution in [-0.2, 0) is 4.79 Å². The van der Waals surface area contributed by atoms with Crippen molar-refractivity contribution in [1.29, 1.82) is 0 Å². The van der Waals surface area contributed by atoms with E-state index in [1.165, 1.54) is 0 Å². The van der Waals surface area contributed by atoms with Gasteiger partial charge in [0.05, 0.1) is 4.47 Å². The lowest BCUT2D eigenvalue weighted by molar-refractivity contribution is -0.120. The Kier molecular flexibility index (Phi) is 5.64. The van der Waals surface area contributed by atoms with Gasteiger partial charge >= 0.3 is 0 Å². The first kappa shape index (κ1) is 13.7. The second-order valence-corrected chi connectivity index (χ2v) is 4.02. The predicted molar refractivity (Wildman–Crippen MR) is 69.3 cm³/mol. The summed E-state index contributed by atoms with van der Waals surface area (Å²) in [4.78, 5) is 19.2. The third-order valence-corrected chi connectivity index (χ3v) is 2.47. The van der Waals surface area contributed by atoms with Crippen LogP contribution in [0.3, 0.4) is 0 Å². The van der Waals surface area contributed by atoms with Gasteiger partial charge in [0.15, 0.2) is 0 Å². The van der Waals surface area contributed by atoms with Crippen molar-refractivity contribution >= 4 is 33.6 Å². The number of anilines is 2. The Morgan fingerprint density at radius 3 is 3.00 bits per heavy atom. The maximum Gasteiger partial charge on any atom is 0.239 e. The van der Waals surface area contributed by atoms with Gasteiger partial charge in [-0.2, -0.15) is 4.98 Å². The minimum atomic E-state index is 0.00218. The number of hydrazine groups is 1. The van der Waals surface area contributed by atoms with Crippen LogP contribution < -0.4 is 21.9 Å². The fourth-order valence-corrected chi connectivity index (χ4v) is 1.47. The third kappa shape index (κ3) is 4.53. The van der Waals surface area contributed by atoms with Crippen LogP contribution in [-0.4, -0.2) is 29.0 Å². The average molecular weight is 303 g/mol. The van der Waals surface area contributed by atoms with Gasteiger partial charge in [-0.1, -0.05) is 0 Å². The molecule has 0 bridgehead atoms. The monoisotopic (exact) mass is 302 g/mol. The van der Waals surface area contributed by atoms with E-state index in [-0.39, 0.29) is 5.91 Å². The first-order valence-electron chi connectivity index (χ1n) is 5.17. The van der Waals surface area contributed by atoms with E-state index in [1.54, 1.807) is 6.20 Å². The number of hydrogen-bond donors (Lipinski definition) is 4. The summed E-state index contributed by atoms with van der Waals surface area (Å²) >= 11 is 3.30. The first-order valence-corrected chi connectivity index (χ1v) is 5.96. The Morgan fingerprint density at radius 1 is 1.59 bits per heavy atom. The molecule has 1 amide bonds. The number of carbonyl (C=O) groups is 1. The van der Waals surface area contributed by atoms with Gasteiger partial charge in [0, 0.05) is 25.7 Å². The Balaban J connectivity index is 2.48. The molecule has 1 rings (SSSR count). The zero-order valence-electron chi connectivity index (χ0n) is 9.46. The van der Waals surface area contributed by atoms with Crippen LogP contribution >= 0.6 is 15.9 Å². The summed E-state index contributed by atoms with van der Waals surface area (Å²) < 4.78 is 0.715. The van der Waals surface area contributed by atoms with Gasteiger partial charge in [-0.15, -0.1) is 0 Å². The number of aromatic nitrogens is 2. The van der Waals surface area contributed by atoms with E-state index in [0.29, 0.717) is 35.7 Å². The molecule has 5 N–H and O–H groups in total. The van der Waals surface area contributed by atoms with Gasteiger partial charge in [-0.05, 0) is 22.9 Å². The van der Waals surface area contributed by atoms with E-state index in [2.05, 4.69) is 42.0 Å². The van der Waals surface area contributed by atoms with E-state index < -0.39 is 0 Å². The normalized spacial score (nSPS) is 9.82. The lowest BCUT2D eigenvalue weighted by Gasteiger charge is -2.08. The largest absolute Gasteiger partial charge is 0.368 e. The van der Waals surface area contributed by atoms with Crippen molar-refractivity contribution in [2.75, 3.05) is 23.8 Å². The molecule has 94 valence electrons. The highest BCUT2D eigenvalue weighted by Crippen LogP contribution is 2.19. The molecule has 0 saturated carbocycles. The summed E-state index contributed by atoms with van der Waals surface area (Å²) in [6.45, 7) is 3.01. The summed E-state index contributed by atoms with van der Waals surface area (Å²) in [5.74, 6) is 6.11. The number of nitrogen functional groups attached to an aromatic ring is 1. The molecular weight excluding hydrogens is 288 g/mol. The number of nitrogens with zero attached hydrogens (tertiary/aromatic N) is 2. The molecule has 0 radical (unpaired) electrons. The maximum absolute atomic E-state index is 11.2. The van der Waals surface area contributed by atoms with Crippen LogP contribution in [0.25, 0.3) is 0 Å². The van der Waals surface area contributed by atoms with E-state index in [9.17, 15) is 4.79 Å². The fraction of sp³-hybridized carbons (Fsp3) is 0.444. The van der Waals surface area contributed by atoms with Crippen molar-refractivity contribution in [3.63, 3.8) is 0 Å². The van der Waals surface area contributed by atoms with Gasteiger partial charge in [0.1, 0.15) is 5.82 Å². The van der Waals surface area contributed by atoms with Crippen LogP contribution in [0.4, 0.5) is 11.8 Å². The topological polar surface area (TPSA) is 105 Å². The van der Waals surface area contributed by atoms with Crippen LogP contribution in [0.1, 0.15) is 13.3 Å². The van der Waals surface area contributed by atoms with Crippen LogP contribution in [0.15, 0.2) is 10.7 Å². The molecule has 0 saturated heterocycles. The van der Waals surface area contributed by atoms with E-state index in [1.807, 2.05) is 6.92 Å². The quantitative estimate of drug-likeness (QED) is 0.449. The molecular formula is C9H15BrN6O. The smallest absolute Gasteiger partial charge is 0.239 e. The van der Waals surface area contributed by atoms with E-state index >= 15 is 0 Å². The molecule has 0 aliphatic rings. The standard InChI is InChI=1S/C9H15BrN6O/c1-2-12-7(17)3-4-13-8-6(10)5-14-9(15-8)16-11/h5H,2-4,11H2,1H3,(H,12,17)(H2,13,14,15,16). The molecule has 0 aliphatic carbocycles. The number of amides is 1. The van der Waals surface area contributed by atoms with Crippen LogP contribution in [0, 0.1) is 0 Å². The van der Waals surface area contributed by atoms with Crippen molar-refractivity contribution in [3.8, 4) is 0 Å². The summed E-state index contributed by atoms with van der Waals surface area (Å²) in [6.07, 6.45) is 1.96. The van der Waals surface area contributed by atoms with Crippen molar-refractivity contribution in [2.24, 2.45) is 5.84 Å². The highest BCUT2D eigenvalue weighted by molar-refractivity contribution is 9.10. The Labute approximate surface area is 108 Å². The van der Waals surface area contributed by atoms with Gasteiger partial charge in [-0.3, -0.25) is 10.2 Å². The lowest BCUT2D eigenvalue weighted by atomic mass is 10.4.